The van der Waals surface area contributed by atoms with Crippen molar-refractivity contribution in [3.8, 4) is 0 Å². The van der Waals surface area contributed by atoms with E-state index < -0.39 is 0 Å². The molecule has 0 amide bonds. The highest BCUT2D eigenvalue weighted by atomic mass is 16.6. The molecule has 0 aliphatic heterocycles. The Bertz CT molecular complexity index is 784. The Labute approximate surface area is 271 Å². The van der Waals surface area contributed by atoms with Gasteiger partial charge in [0.1, 0.15) is 6.61 Å². The topological polar surface area (TPSA) is 127 Å². The van der Waals surface area contributed by atoms with Gasteiger partial charge in [-0.05, 0) is 86.5 Å². The summed E-state index contributed by atoms with van der Waals surface area (Å²) in [4.78, 5) is 56.9. The van der Waals surface area contributed by atoms with Crippen LogP contribution in [0.5, 0.6) is 0 Å². The normalized spacial score (nSPS) is 11.4. The van der Waals surface area contributed by atoms with E-state index in [1.54, 1.807) is 7.11 Å². The number of nitrogens with zero attached hydrogens (tertiary/aromatic N) is 4. The first-order chi connectivity index (χ1) is 21.6. The van der Waals surface area contributed by atoms with Crippen molar-refractivity contribution in [3.63, 3.8) is 0 Å². The minimum Gasteiger partial charge on any atom is -0.466 e. The molecule has 0 spiro atoms. The molecular weight excluding hydrogens is 584 g/mol. The van der Waals surface area contributed by atoms with Crippen LogP contribution >= 0.6 is 0 Å². The largest absolute Gasteiger partial charge is 0.466 e. The van der Waals surface area contributed by atoms with Crippen molar-refractivity contribution in [2.75, 3.05) is 121 Å². The van der Waals surface area contributed by atoms with Crippen LogP contribution in [-0.4, -0.2) is 164 Å². The molecule has 0 N–H and O–H groups in total. The second kappa shape index (κ2) is 29.1. The van der Waals surface area contributed by atoms with Gasteiger partial charge in [-0.1, -0.05) is 6.92 Å². The molecule has 0 aliphatic rings. The second-order valence-corrected chi connectivity index (χ2v) is 11.6. The van der Waals surface area contributed by atoms with E-state index in [0.29, 0.717) is 58.7 Å². The van der Waals surface area contributed by atoms with Gasteiger partial charge >= 0.3 is 23.9 Å². The number of methoxy groups -OCH3 is 1. The van der Waals surface area contributed by atoms with Gasteiger partial charge in [0, 0.05) is 33.3 Å². The SMILES string of the molecule is CCCOC(=O)CCN(CCCN(C)C)CCC(=O)OCCCCOC(=O)CCN(CCCN(C)C)CCC(=O)OCCOC. The molecule has 0 rings (SSSR count). The molecule has 0 radical (unpaired) electrons. The van der Waals surface area contributed by atoms with Crippen molar-refractivity contribution in [3.05, 3.63) is 0 Å². The molecule has 0 aromatic heterocycles. The maximum Gasteiger partial charge on any atom is 0.307 e. The zero-order valence-electron chi connectivity index (χ0n) is 29.0. The fourth-order valence-corrected chi connectivity index (χ4v) is 4.21. The van der Waals surface area contributed by atoms with Crippen LogP contribution in [0.25, 0.3) is 0 Å². The molecule has 0 heterocycles. The van der Waals surface area contributed by atoms with Gasteiger partial charge in [0.05, 0.1) is 52.1 Å². The molecule has 45 heavy (non-hydrogen) atoms. The molecule has 0 atom stereocenters. The monoisotopic (exact) mass is 646 g/mol. The van der Waals surface area contributed by atoms with Gasteiger partial charge in [-0.15, -0.1) is 0 Å². The molecule has 0 aromatic rings. The minimum atomic E-state index is -0.291. The van der Waals surface area contributed by atoms with Gasteiger partial charge in [0.2, 0.25) is 0 Å². The number of ether oxygens (including phenoxy) is 5. The lowest BCUT2D eigenvalue weighted by molar-refractivity contribution is -0.147. The summed E-state index contributed by atoms with van der Waals surface area (Å²) in [5.41, 5.74) is 0. The summed E-state index contributed by atoms with van der Waals surface area (Å²) >= 11 is 0. The van der Waals surface area contributed by atoms with Gasteiger partial charge in [-0.25, -0.2) is 0 Å². The van der Waals surface area contributed by atoms with E-state index >= 15 is 0 Å². The van der Waals surface area contributed by atoms with E-state index in [4.69, 9.17) is 23.7 Å². The Kier molecular flexibility index (Phi) is 27.6. The number of rotatable bonds is 30. The number of hydrogen-bond donors (Lipinski definition) is 0. The maximum atomic E-state index is 12.3. The van der Waals surface area contributed by atoms with Gasteiger partial charge in [0.15, 0.2) is 0 Å². The number of esters is 4. The molecule has 0 aliphatic carbocycles. The first-order valence-corrected chi connectivity index (χ1v) is 16.4. The van der Waals surface area contributed by atoms with Crippen LogP contribution < -0.4 is 0 Å². The Morgan fingerprint density at radius 3 is 1.13 bits per heavy atom. The molecule has 0 bridgehead atoms. The number of hydrogen-bond acceptors (Lipinski definition) is 13. The third kappa shape index (κ3) is 28.9. The van der Waals surface area contributed by atoms with Crippen LogP contribution in [0, 0.1) is 0 Å². The lowest BCUT2D eigenvalue weighted by atomic mass is 10.3. The quantitative estimate of drug-likeness (QED) is 0.0643. The Morgan fingerprint density at radius 2 is 0.800 bits per heavy atom. The fourth-order valence-electron chi connectivity index (χ4n) is 4.21. The van der Waals surface area contributed by atoms with E-state index in [0.717, 1.165) is 45.4 Å². The fraction of sp³-hybridized carbons (Fsp3) is 0.875. The van der Waals surface area contributed by atoms with Crippen LogP contribution in [0.1, 0.15) is 64.7 Å². The van der Waals surface area contributed by atoms with Gasteiger partial charge < -0.3 is 43.3 Å². The highest BCUT2D eigenvalue weighted by Crippen LogP contribution is 2.04. The smallest absolute Gasteiger partial charge is 0.307 e. The van der Waals surface area contributed by atoms with Crippen LogP contribution in [0.4, 0.5) is 0 Å². The van der Waals surface area contributed by atoms with Gasteiger partial charge in [-0.3, -0.25) is 19.2 Å². The zero-order valence-corrected chi connectivity index (χ0v) is 29.0. The average Bonchev–Trinajstić information content (AvgIpc) is 2.99. The minimum absolute atomic E-state index is 0.217. The number of carbonyl (C=O) groups excluding carboxylic acids is 4. The third-order valence-corrected chi connectivity index (χ3v) is 6.77. The van der Waals surface area contributed by atoms with E-state index in [2.05, 4.69) is 19.6 Å². The summed E-state index contributed by atoms with van der Waals surface area (Å²) in [6.07, 6.45) is 4.86. The lowest BCUT2D eigenvalue weighted by Crippen LogP contribution is -2.32. The third-order valence-electron chi connectivity index (χ3n) is 6.77. The van der Waals surface area contributed by atoms with Crippen molar-refractivity contribution in [1.82, 2.24) is 19.6 Å². The van der Waals surface area contributed by atoms with Crippen molar-refractivity contribution in [2.45, 2.75) is 64.7 Å². The lowest BCUT2D eigenvalue weighted by Gasteiger charge is -2.22. The first kappa shape index (κ1) is 42.7. The van der Waals surface area contributed by atoms with Crippen LogP contribution in [0.15, 0.2) is 0 Å². The Balaban J connectivity index is 4.28. The van der Waals surface area contributed by atoms with Crippen LogP contribution in [0.2, 0.25) is 0 Å². The summed E-state index contributed by atoms with van der Waals surface area (Å²) in [6, 6.07) is 0. The van der Waals surface area contributed by atoms with Crippen molar-refractivity contribution in [1.29, 1.82) is 0 Å². The molecule has 0 saturated heterocycles. The summed E-state index contributed by atoms with van der Waals surface area (Å²) in [6.45, 7) is 8.97. The molecule has 264 valence electrons. The molecule has 0 fully saturated rings. The Hall–Kier alpha value is -2.32. The second-order valence-electron chi connectivity index (χ2n) is 11.6. The van der Waals surface area contributed by atoms with Gasteiger partial charge in [-0.2, -0.15) is 0 Å². The van der Waals surface area contributed by atoms with Crippen LogP contribution in [-0.2, 0) is 42.9 Å². The first-order valence-electron chi connectivity index (χ1n) is 16.4. The van der Waals surface area contributed by atoms with Crippen molar-refractivity contribution >= 4 is 23.9 Å². The van der Waals surface area contributed by atoms with Crippen molar-refractivity contribution in [2.24, 2.45) is 0 Å². The highest BCUT2D eigenvalue weighted by Gasteiger charge is 2.14. The van der Waals surface area contributed by atoms with E-state index in [1.165, 1.54) is 0 Å². The standard InChI is InChI=1S/C32H62N4O9/c1-7-24-42-29(37)12-20-35(18-10-16-33(2)3)21-13-30(38)43-25-8-9-26-44-31(39)14-22-36(19-11-17-34(4)5)23-15-32(40)45-28-27-41-6/h7-28H2,1-6H3. The van der Waals surface area contributed by atoms with Crippen LogP contribution in [0.3, 0.4) is 0 Å². The van der Waals surface area contributed by atoms with E-state index in [9.17, 15) is 19.2 Å². The molecule has 0 saturated carbocycles. The highest BCUT2D eigenvalue weighted by molar-refractivity contribution is 5.71. The number of unbranched alkanes of at least 4 members (excludes halogenated alkanes) is 1. The molecule has 0 unspecified atom stereocenters. The molecular formula is C32H62N4O9. The van der Waals surface area contributed by atoms with E-state index in [1.807, 2.05) is 35.1 Å². The average molecular weight is 647 g/mol. The predicted molar refractivity (Wildman–Crippen MR) is 173 cm³/mol. The summed E-state index contributed by atoms with van der Waals surface area (Å²) in [5.74, 6) is -1.07. The number of carbonyl (C=O) groups is 4. The van der Waals surface area contributed by atoms with Crippen molar-refractivity contribution < 1.29 is 42.9 Å². The summed E-state index contributed by atoms with van der Waals surface area (Å²) in [5, 5.41) is 0. The summed E-state index contributed by atoms with van der Waals surface area (Å²) < 4.78 is 25.9. The molecule has 13 nitrogen and oxygen atoms in total. The van der Waals surface area contributed by atoms with E-state index in [-0.39, 0.29) is 63.0 Å². The van der Waals surface area contributed by atoms with Gasteiger partial charge in [0.25, 0.3) is 0 Å². The predicted octanol–water partition coefficient (Wildman–Crippen LogP) is 2.06. The maximum absolute atomic E-state index is 12.3. The zero-order chi connectivity index (χ0) is 33.7. The molecule has 13 heteroatoms. The molecule has 0 aromatic carbocycles. The summed E-state index contributed by atoms with van der Waals surface area (Å²) in [7, 11) is 9.60. The Morgan fingerprint density at radius 1 is 0.444 bits per heavy atom.